The lowest BCUT2D eigenvalue weighted by atomic mass is 9.97. The summed E-state index contributed by atoms with van der Waals surface area (Å²) in [6, 6.07) is 7.36. The molecular weight excluding hydrogens is 274 g/mol. The Morgan fingerprint density at radius 1 is 1.20 bits per heavy atom. The first-order valence-electron chi connectivity index (χ1n) is 6.66. The van der Waals surface area contributed by atoms with Crippen molar-refractivity contribution in [1.29, 1.82) is 0 Å². The van der Waals surface area contributed by atoms with Crippen molar-refractivity contribution in [3.05, 3.63) is 29.8 Å². The molecule has 1 aliphatic rings. The maximum Gasteiger partial charge on any atom is 0.331 e. The molecule has 0 saturated heterocycles. The lowest BCUT2D eigenvalue weighted by Gasteiger charge is -2.27. The highest BCUT2D eigenvalue weighted by Gasteiger charge is 2.43. The third-order valence-electron chi connectivity index (χ3n) is 3.74. The van der Waals surface area contributed by atoms with Crippen molar-refractivity contribution in [3.8, 4) is 0 Å². The fourth-order valence-electron chi connectivity index (χ4n) is 2.59. The van der Waals surface area contributed by atoms with E-state index in [1.165, 1.54) is 7.11 Å². The van der Waals surface area contributed by atoms with Gasteiger partial charge < -0.3 is 10.1 Å². The molecule has 1 fully saturated rings. The molecular formula is C15H19NO3S. The van der Waals surface area contributed by atoms with Crippen molar-refractivity contribution in [2.24, 2.45) is 0 Å². The minimum Gasteiger partial charge on any atom is -0.467 e. The van der Waals surface area contributed by atoms with E-state index in [1.807, 2.05) is 18.4 Å². The van der Waals surface area contributed by atoms with Crippen LogP contribution >= 0.6 is 11.8 Å². The van der Waals surface area contributed by atoms with Crippen molar-refractivity contribution in [2.45, 2.75) is 36.1 Å². The van der Waals surface area contributed by atoms with Crippen molar-refractivity contribution in [3.63, 3.8) is 0 Å². The molecule has 0 atom stereocenters. The molecule has 2 rings (SSSR count). The average molecular weight is 293 g/mol. The number of carbonyl (C=O) groups is 2. The minimum atomic E-state index is -0.843. The number of amides is 1. The van der Waals surface area contributed by atoms with Crippen LogP contribution in [0.4, 0.5) is 0 Å². The van der Waals surface area contributed by atoms with Gasteiger partial charge in [-0.3, -0.25) is 4.79 Å². The normalized spacial score (nSPS) is 16.7. The quantitative estimate of drug-likeness (QED) is 0.685. The molecule has 5 heteroatoms. The van der Waals surface area contributed by atoms with Gasteiger partial charge in [0.05, 0.1) is 7.11 Å². The van der Waals surface area contributed by atoms with E-state index >= 15 is 0 Å². The molecule has 1 N–H and O–H groups in total. The lowest BCUT2D eigenvalue weighted by molar-refractivity contribution is -0.148. The summed E-state index contributed by atoms with van der Waals surface area (Å²) in [5, 5.41) is 2.88. The Kier molecular flexibility index (Phi) is 4.70. The second-order valence-electron chi connectivity index (χ2n) is 4.96. The zero-order valence-corrected chi connectivity index (χ0v) is 12.6. The number of rotatable bonds is 4. The third kappa shape index (κ3) is 2.98. The number of benzene rings is 1. The number of carbonyl (C=O) groups excluding carboxylic acids is 2. The maximum atomic E-state index is 12.3. The van der Waals surface area contributed by atoms with Crippen LogP contribution in [0, 0.1) is 0 Å². The SMILES string of the molecule is COC(=O)C1(NC(=O)c2ccc(SC)cc2)CCCC1. The van der Waals surface area contributed by atoms with Crippen LogP contribution in [0.1, 0.15) is 36.0 Å². The van der Waals surface area contributed by atoms with Crippen molar-refractivity contribution in [2.75, 3.05) is 13.4 Å². The molecule has 1 amide bonds. The number of nitrogens with one attached hydrogen (secondary N) is 1. The van der Waals surface area contributed by atoms with E-state index in [4.69, 9.17) is 4.74 Å². The summed E-state index contributed by atoms with van der Waals surface area (Å²) in [5.74, 6) is -0.561. The molecule has 0 aromatic heterocycles. The van der Waals surface area contributed by atoms with Crippen LogP contribution in [-0.2, 0) is 9.53 Å². The number of ether oxygens (including phenoxy) is 1. The van der Waals surface area contributed by atoms with Gasteiger partial charge >= 0.3 is 5.97 Å². The number of methoxy groups -OCH3 is 1. The summed E-state index contributed by atoms with van der Waals surface area (Å²) in [7, 11) is 1.36. The Hall–Kier alpha value is -1.49. The van der Waals surface area contributed by atoms with Crippen LogP contribution < -0.4 is 5.32 Å². The average Bonchev–Trinajstić information content (AvgIpc) is 2.96. The highest BCUT2D eigenvalue weighted by Crippen LogP contribution is 2.31. The fourth-order valence-corrected chi connectivity index (χ4v) is 2.99. The van der Waals surface area contributed by atoms with Gasteiger partial charge in [-0.15, -0.1) is 11.8 Å². The summed E-state index contributed by atoms with van der Waals surface area (Å²) in [4.78, 5) is 25.4. The molecule has 4 nitrogen and oxygen atoms in total. The highest BCUT2D eigenvalue weighted by molar-refractivity contribution is 7.98. The summed E-state index contributed by atoms with van der Waals surface area (Å²) < 4.78 is 4.85. The maximum absolute atomic E-state index is 12.3. The van der Waals surface area contributed by atoms with Gasteiger partial charge in [0.1, 0.15) is 5.54 Å². The Bertz CT molecular complexity index is 492. The van der Waals surface area contributed by atoms with Gasteiger partial charge in [0.25, 0.3) is 5.91 Å². The molecule has 108 valence electrons. The van der Waals surface area contributed by atoms with Crippen LogP contribution in [0.2, 0.25) is 0 Å². The predicted octanol–water partition coefficient (Wildman–Crippen LogP) is 2.62. The number of esters is 1. The van der Waals surface area contributed by atoms with E-state index in [-0.39, 0.29) is 11.9 Å². The van der Waals surface area contributed by atoms with Crippen LogP contribution in [0.15, 0.2) is 29.2 Å². The van der Waals surface area contributed by atoms with E-state index in [0.29, 0.717) is 18.4 Å². The van der Waals surface area contributed by atoms with Gasteiger partial charge in [0, 0.05) is 10.5 Å². The van der Waals surface area contributed by atoms with Gasteiger partial charge in [-0.05, 0) is 43.4 Å². The van der Waals surface area contributed by atoms with Crippen LogP contribution in [0.25, 0.3) is 0 Å². The third-order valence-corrected chi connectivity index (χ3v) is 4.48. The molecule has 20 heavy (non-hydrogen) atoms. The van der Waals surface area contributed by atoms with Crippen molar-refractivity contribution >= 4 is 23.6 Å². The van der Waals surface area contributed by atoms with Gasteiger partial charge in [0.2, 0.25) is 0 Å². The molecule has 0 aliphatic heterocycles. The molecule has 0 spiro atoms. The lowest BCUT2D eigenvalue weighted by Crippen LogP contribution is -2.53. The molecule has 0 bridgehead atoms. The second-order valence-corrected chi connectivity index (χ2v) is 5.84. The Morgan fingerprint density at radius 3 is 2.30 bits per heavy atom. The molecule has 1 aliphatic carbocycles. The summed E-state index contributed by atoms with van der Waals surface area (Å²) in [6.45, 7) is 0. The monoisotopic (exact) mass is 293 g/mol. The molecule has 0 radical (unpaired) electrons. The predicted molar refractivity (Wildman–Crippen MR) is 78.9 cm³/mol. The van der Waals surface area contributed by atoms with E-state index in [2.05, 4.69) is 5.32 Å². The first-order chi connectivity index (χ1) is 9.61. The van der Waals surface area contributed by atoms with Crippen molar-refractivity contribution in [1.82, 2.24) is 5.32 Å². The van der Waals surface area contributed by atoms with Crippen molar-refractivity contribution < 1.29 is 14.3 Å². The Labute approximate surface area is 123 Å². The first-order valence-corrected chi connectivity index (χ1v) is 7.89. The number of hydrogen-bond acceptors (Lipinski definition) is 4. The first kappa shape index (κ1) is 14.9. The van der Waals surface area contributed by atoms with Gasteiger partial charge in [0.15, 0.2) is 0 Å². The molecule has 0 heterocycles. The summed E-state index contributed by atoms with van der Waals surface area (Å²) >= 11 is 1.62. The second kappa shape index (κ2) is 6.31. The van der Waals surface area contributed by atoms with Gasteiger partial charge in [-0.25, -0.2) is 4.79 Å². The van der Waals surface area contributed by atoms with Gasteiger partial charge in [-0.2, -0.15) is 0 Å². The van der Waals surface area contributed by atoms with Crippen LogP contribution in [-0.4, -0.2) is 30.8 Å². The zero-order valence-electron chi connectivity index (χ0n) is 11.8. The molecule has 1 aromatic rings. The van der Waals surface area contributed by atoms with E-state index in [1.54, 1.807) is 23.9 Å². The van der Waals surface area contributed by atoms with Crippen LogP contribution in [0.5, 0.6) is 0 Å². The molecule has 1 aromatic carbocycles. The minimum absolute atomic E-state index is 0.218. The molecule has 1 saturated carbocycles. The number of thioether (sulfide) groups is 1. The van der Waals surface area contributed by atoms with E-state index in [0.717, 1.165) is 17.7 Å². The smallest absolute Gasteiger partial charge is 0.331 e. The topological polar surface area (TPSA) is 55.4 Å². The van der Waals surface area contributed by atoms with Gasteiger partial charge in [-0.1, -0.05) is 12.8 Å². The standard InChI is InChI=1S/C15H19NO3S/c1-19-14(18)15(9-3-4-10-15)16-13(17)11-5-7-12(20-2)8-6-11/h5-8H,3-4,9-10H2,1-2H3,(H,16,17). The van der Waals surface area contributed by atoms with Crippen LogP contribution in [0.3, 0.4) is 0 Å². The largest absolute Gasteiger partial charge is 0.467 e. The number of hydrogen-bond donors (Lipinski definition) is 1. The van der Waals surface area contributed by atoms with E-state index in [9.17, 15) is 9.59 Å². The summed E-state index contributed by atoms with van der Waals surface area (Å²) in [5.41, 5.74) is -0.276. The molecule has 0 unspecified atom stereocenters. The highest BCUT2D eigenvalue weighted by atomic mass is 32.2. The Balaban J connectivity index is 2.14. The fraction of sp³-hybridized carbons (Fsp3) is 0.467. The summed E-state index contributed by atoms with van der Waals surface area (Å²) in [6.07, 6.45) is 5.14. The Morgan fingerprint density at radius 2 is 1.80 bits per heavy atom. The van der Waals surface area contributed by atoms with E-state index < -0.39 is 5.54 Å². The zero-order chi connectivity index (χ0) is 14.6.